The van der Waals surface area contributed by atoms with E-state index in [0.29, 0.717) is 0 Å². The van der Waals surface area contributed by atoms with E-state index < -0.39 is 5.41 Å². The van der Waals surface area contributed by atoms with Gasteiger partial charge in [0.25, 0.3) is 0 Å². The minimum atomic E-state index is -0.549. The van der Waals surface area contributed by atoms with Crippen molar-refractivity contribution in [3.8, 4) is 56.0 Å². The number of para-hydroxylation sites is 1. The fraction of sp³-hybridized carbons (Fsp3) is 0.0196. The van der Waals surface area contributed by atoms with Crippen molar-refractivity contribution in [1.82, 2.24) is 0 Å². The molecule has 2 aliphatic rings. The summed E-state index contributed by atoms with van der Waals surface area (Å²) in [6, 6.07) is 71.1. The zero-order valence-corrected chi connectivity index (χ0v) is 28.4. The number of ether oxygens (including phenoxy) is 1. The van der Waals surface area contributed by atoms with Crippen LogP contribution in [-0.2, 0) is 5.41 Å². The summed E-state index contributed by atoms with van der Waals surface area (Å²) in [5.41, 5.74) is 14.4. The molecule has 0 aromatic heterocycles. The van der Waals surface area contributed by atoms with Crippen molar-refractivity contribution in [1.29, 1.82) is 0 Å². The van der Waals surface area contributed by atoms with Crippen LogP contribution in [0, 0.1) is 0 Å². The molecule has 1 aliphatic heterocycles. The Bertz CT molecular complexity index is 2810. The van der Waals surface area contributed by atoms with Gasteiger partial charge in [-0.05, 0) is 95.6 Å². The van der Waals surface area contributed by atoms with Gasteiger partial charge in [0.05, 0.1) is 5.41 Å². The van der Waals surface area contributed by atoms with Crippen LogP contribution in [0.15, 0.2) is 194 Å². The maximum absolute atomic E-state index is 6.49. The standard InChI is InChI=1S/C51H32O/c1-4-14-33(15-5-1)37-21-12-24-44-39(37)28-29-45-40-27-26-34(32-46(40)51(50(44)45,35-16-6-2-7-17-35)36-18-8-3-9-19-36)38-30-31-48-49-42(38)22-13-23-43(49)41-20-10-11-25-47(41)52-48/h1-32H. The first kappa shape index (κ1) is 29.1. The number of rotatable bonds is 4. The molecule has 1 aliphatic carbocycles. The van der Waals surface area contributed by atoms with Crippen LogP contribution < -0.4 is 4.74 Å². The minimum Gasteiger partial charge on any atom is -0.456 e. The lowest BCUT2D eigenvalue weighted by atomic mass is 9.66. The van der Waals surface area contributed by atoms with E-state index in [-0.39, 0.29) is 0 Å². The Morgan fingerprint density at radius 2 is 0.923 bits per heavy atom. The zero-order chi connectivity index (χ0) is 34.2. The van der Waals surface area contributed by atoms with Crippen LogP contribution in [0.25, 0.3) is 66.1 Å². The quantitative estimate of drug-likeness (QED) is 0.183. The Morgan fingerprint density at radius 1 is 0.327 bits per heavy atom. The number of hydrogen-bond acceptors (Lipinski definition) is 1. The molecule has 52 heavy (non-hydrogen) atoms. The second-order valence-corrected chi connectivity index (χ2v) is 13.9. The van der Waals surface area contributed by atoms with Gasteiger partial charge in [-0.1, -0.05) is 176 Å². The molecule has 0 saturated carbocycles. The van der Waals surface area contributed by atoms with Crippen LogP contribution >= 0.6 is 0 Å². The van der Waals surface area contributed by atoms with Crippen LogP contribution in [0.5, 0.6) is 11.5 Å². The lowest BCUT2D eigenvalue weighted by molar-refractivity contribution is 0.487. The predicted molar refractivity (Wildman–Crippen MR) is 215 cm³/mol. The highest BCUT2D eigenvalue weighted by atomic mass is 16.5. The molecule has 0 spiro atoms. The average Bonchev–Trinajstić information content (AvgIpc) is 3.53. The fourth-order valence-electron chi connectivity index (χ4n) is 9.22. The van der Waals surface area contributed by atoms with Gasteiger partial charge in [-0.3, -0.25) is 0 Å². The molecule has 0 fully saturated rings. The van der Waals surface area contributed by atoms with Crippen molar-refractivity contribution in [2.75, 3.05) is 0 Å². The number of benzene rings is 9. The maximum Gasteiger partial charge on any atom is 0.135 e. The molecule has 242 valence electrons. The second kappa shape index (κ2) is 11.2. The third-order valence-corrected chi connectivity index (χ3v) is 11.4. The molecule has 1 nitrogen and oxygen atoms in total. The van der Waals surface area contributed by atoms with E-state index in [4.69, 9.17) is 4.74 Å². The molecule has 1 heteroatoms. The minimum absolute atomic E-state index is 0.549. The third-order valence-electron chi connectivity index (χ3n) is 11.4. The summed E-state index contributed by atoms with van der Waals surface area (Å²) in [5.74, 6) is 1.81. The smallest absolute Gasteiger partial charge is 0.135 e. The summed E-state index contributed by atoms with van der Waals surface area (Å²) in [7, 11) is 0. The average molecular weight is 661 g/mol. The monoisotopic (exact) mass is 660 g/mol. The molecular weight excluding hydrogens is 629 g/mol. The molecule has 0 amide bonds. The van der Waals surface area contributed by atoms with E-state index in [1.165, 1.54) is 82.7 Å². The van der Waals surface area contributed by atoms with Crippen LogP contribution in [0.4, 0.5) is 0 Å². The lowest BCUT2D eigenvalue weighted by Crippen LogP contribution is -2.29. The first-order valence-corrected chi connectivity index (χ1v) is 18.0. The van der Waals surface area contributed by atoms with Gasteiger partial charge in [-0.2, -0.15) is 0 Å². The van der Waals surface area contributed by atoms with E-state index in [0.717, 1.165) is 17.1 Å². The molecule has 0 bridgehead atoms. The molecular formula is C51H32O. The van der Waals surface area contributed by atoms with Gasteiger partial charge in [-0.15, -0.1) is 0 Å². The van der Waals surface area contributed by atoms with Crippen LogP contribution in [0.2, 0.25) is 0 Å². The van der Waals surface area contributed by atoms with Crippen LogP contribution in [0.3, 0.4) is 0 Å². The number of fused-ring (bicyclic) bond motifs is 7. The van der Waals surface area contributed by atoms with Crippen molar-refractivity contribution in [2.24, 2.45) is 0 Å². The highest BCUT2D eigenvalue weighted by molar-refractivity contribution is 6.11. The van der Waals surface area contributed by atoms with E-state index >= 15 is 0 Å². The summed E-state index contributed by atoms with van der Waals surface area (Å²) in [6.45, 7) is 0. The molecule has 0 N–H and O–H groups in total. The van der Waals surface area contributed by atoms with Gasteiger partial charge in [-0.25, -0.2) is 0 Å². The summed E-state index contributed by atoms with van der Waals surface area (Å²) >= 11 is 0. The van der Waals surface area contributed by atoms with Crippen molar-refractivity contribution in [3.05, 3.63) is 216 Å². The van der Waals surface area contributed by atoms with Crippen molar-refractivity contribution < 1.29 is 4.74 Å². The van der Waals surface area contributed by atoms with E-state index in [9.17, 15) is 0 Å². The van der Waals surface area contributed by atoms with E-state index in [1.54, 1.807) is 0 Å². The molecule has 1 heterocycles. The summed E-state index contributed by atoms with van der Waals surface area (Å²) in [6.07, 6.45) is 0. The molecule has 0 radical (unpaired) electrons. The molecule has 9 aromatic carbocycles. The molecule has 11 rings (SSSR count). The second-order valence-electron chi connectivity index (χ2n) is 13.9. The first-order chi connectivity index (χ1) is 25.8. The van der Waals surface area contributed by atoms with Crippen molar-refractivity contribution in [2.45, 2.75) is 5.41 Å². The molecule has 0 saturated heterocycles. The molecule has 9 aromatic rings. The molecule has 0 atom stereocenters. The Labute approximate surface area is 303 Å². The highest BCUT2D eigenvalue weighted by Crippen LogP contribution is 2.59. The van der Waals surface area contributed by atoms with E-state index in [1.807, 2.05) is 6.07 Å². The zero-order valence-electron chi connectivity index (χ0n) is 28.4. The van der Waals surface area contributed by atoms with Crippen molar-refractivity contribution >= 4 is 21.5 Å². The predicted octanol–water partition coefficient (Wildman–Crippen LogP) is 13.5. The largest absolute Gasteiger partial charge is 0.456 e. The Kier molecular flexibility index (Phi) is 6.23. The summed E-state index contributed by atoms with van der Waals surface area (Å²) in [5, 5.41) is 4.91. The van der Waals surface area contributed by atoms with Gasteiger partial charge in [0.2, 0.25) is 0 Å². The van der Waals surface area contributed by atoms with Gasteiger partial charge in [0, 0.05) is 10.9 Å². The van der Waals surface area contributed by atoms with Crippen LogP contribution in [0.1, 0.15) is 22.3 Å². The van der Waals surface area contributed by atoms with Gasteiger partial charge >= 0.3 is 0 Å². The van der Waals surface area contributed by atoms with Crippen LogP contribution in [-0.4, -0.2) is 0 Å². The Morgan fingerprint density at radius 3 is 1.69 bits per heavy atom. The Hall–Kier alpha value is -6.70. The fourth-order valence-corrected chi connectivity index (χ4v) is 9.22. The maximum atomic E-state index is 6.49. The normalized spacial score (nSPS) is 13.3. The summed E-state index contributed by atoms with van der Waals surface area (Å²) in [4.78, 5) is 0. The summed E-state index contributed by atoms with van der Waals surface area (Å²) < 4.78 is 6.49. The topological polar surface area (TPSA) is 9.23 Å². The van der Waals surface area contributed by atoms with Gasteiger partial charge in [0.15, 0.2) is 0 Å². The lowest BCUT2D eigenvalue weighted by Gasteiger charge is -2.35. The third kappa shape index (κ3) is 3.99. The van der Waals surface area contributed by atoms with E-state index in [2.05, 4.69) is 188 Å². The molecule has 0 unspecified atom stereocenters. The van der Waals surface area contributed by atoms with Gasteiger partial charge in [0.1, 0.15) is 11.5 Å². The number of hydrogen-bond donors (Lipinski definition) is 0. The SMILES string of the molecule is c1ccc(-c2cccc3c4c(ccc23)-c2ccc(-c3ccc5c6c(cccc36)-c3ccccc3O5)cc2C4(c2ccccc2)c2ccccc2)cc1. The van der Waals surface area contributed by atoms with Crippen molar-refractivity contribution in [3.63, 3.8) is 0 Å². The Balaban J connectivity index is 1.22. The van der Waals surface area contributed by atoms with Gasteiger partial charge < -0.3 is 4.74 Å². The highest BCUT2D eigenvalue weighted by Gasteiger charge is 2.47. The first-order valence-electron chi connectivity index (χ1n) is 18.0.